The van der Waals surface area contributed by atoms with Gasteiger partial charge in [0.25, 0.3) is 0 Å². The molecule has 0 fully saturated rings. The Morgan fingerprint density at radius 3 is 2.94 bits per heavy atom. The van der Waals surface area contributed by atoms with Gasteiger partial charge in [0.15, 0.2) is 0 Å². The van der Waals surface area contributed by atoms with E-state index in [9.17, 15) is 4.79 Å². The van der Waals surface area contributed by atoms with Crippen molar-refractivity contribution in [2.75, 3.05) is 11.9 Å². The average molecular weight is 232 g/mol. The maximum absolute atomic E-state index is 11.0. The second kappa shape index (κ2) is 6.54. The van der Waals surface area contributed by atoms with Gasteiger partial charge in [0.05, 0.1) is 0 Å². The van der Waals surface area contributed by atoms with E-state index in [1.54, 1.807) is 12.1 Å². The van der Waals surface area contributed by atoms with Crippen molar-refractivity contribution in [1.29, 1.82) is 0 Å². The molecule has 0 bridgehead atoms. The number of anilines is 1. The molecule has 2 N–H and O–H groups in total. The monoisotopic (exact) mass is 232 g/mol. The number of carboxylic acids is 1. The summed E-state index contributed by atoms with van der Waals surface area (Å²) in [6.07, 6.45) is 7.72. The Hall–Kier alpha value is -2.02. The molecule has 90 valence electrons. The summed E-state index contributed by atoms with van der Waals surface area (Å²) in [4.78, 5) is 15.1. The van der Waals surface area contributed by atoms with Crippen LogP contribution in [0.1, 0.15) is 35.3 Å². The first kappa shape index (κ1) is 13.0. The highest BCUT2D eigenvalue weighted by molar-refractivity contribution is 5.93. The molecule has 0 unspecified atom stereocenters. The minimum absolute atomic E-state index is 0.201. The maximum Gasteiger partial charge on any atom is 0.339 e. The van der Waals surface area contributed by atoms with Gasteiger partial charge in [0.1, 0.15) is 11.4 Å². The Morgan fingerprint density at radius 2 is 2.29 bits per heavy atom. The molecular weight excluding hydrogens is 216 g/mol. The molecule has 1 aromatic heterocycles. The predicted octanol–water partition coefficient (Wildman–Crippen LogP) is 2.30. The van der Waals surface area contributed by atoms with Gasteiger partial charge in [-0.05, 0) is 31.9 Å². The lowest BCUT2D eigenvalue weighted by Crippen LogP contribution is -2.10. The number of aromatic carboxylic acids is 1. The van der Waals surface area contributed by atoms with Crippen LogP contribution in [-0.4, -0.2) is 22.6 Å². The molecular formula is C13H16N2O2. The van der Waals surface area contributed by atoms with Gasteiger partial charge in [0.2, 0.25) is 0 Å². The molecule has 0 aromatic carbocycles. The molecule has 0 aliphatic heterocycles. The van der Waals surface area contributed by atoms with Crippen molar-refractivity contribution in [3.8, 4) is 12.3 Å². The Labute approximate surface area is 101 Å². The highest BCUT2D eigenvalue weighted by Gasteiger charge is 2.10. The fraction of sp³-hybridized carbons (Fsp3) is 0.385. The number of unbranched alkanes of at least 4 members (excludes halogenated alkanes) is 2. The van der Waals surface area contributed by atoms with Gasteiger partial charge < -0.3 is 10.4 Å². The predicted molar refractivity (Wildman–Crippen MR) is 67.1 cm³/mol. The molecule has 0 atom stereocenters. The molecule has 0 saturated heterocycles. The number of aryl methyl sites for hydroxylation is 1. The van der Waals surface area contributed by atoms with Crippen LogP contribution in [0.15, 0.2) is 12.1 Å². The van der Waals surface area contributed by atoms with Crippen LogP contribution in [0.4, 0.5) is 5.82 Å². The van der Waals surface area contributed by atoms with Gasteiger partial charge in [-0.3, -0.25) is 0 Å². The highest BCUT2D eigenvalue weighted by Crippen LogP contribution is 2.13. The van der Waals surface area contributed by atoms with Crippen LogP contribution in [0, 0.1) is 19.3 Å². The number of hydrogen-bond donors (Lipinski definition) is 2. The Morgan fingerprint density at radius 1 is 1.53 bits per heavy atom. The summed E-state index contributed by atoms with van der Waals surface area (Å²) < 4.78 is 0. The van der Waals surface area contributed by atoms with Crippen LogP contribution in [0.3, 0.4) is 0 Å². The number of carboxylic acid groups (broad SMARTS) is 1. The first-order valence-corrected chi connectivity index (χ1v) is 5.53. The molecule has 4 heteroatoms. The first-order valence-electron chi connectivity index (χ1n) is 5.53. The molecule has 0 aliphatic carbocycles. The van der Waals surface area contributed by atoms with Gasteiger partial charge >= 0.3 is 5.97 Å². The standard InChI is InChI=1S/C13H16N2O2/c1-3-4-5-6-9-14-12-11(13(16)17)8-7-10(2)15-12/h1,7-8H,4-6,9H2,2H3,(H,14,15)(H,16,17). The lowest BCUT2D eigenvalue weighted by molar-refractivity contribution is 0.0697. The van der Waals surface area contributed by atoms with Crippen molar-refractivity contribution in [3.05, 3.63) is 23.4 Å². The summed E-state index contributed by atoms with van der Waals surface area (Å²) in [5.74, 6) is 2.03. The van der Waals surface area contributed by atoms with Crippen molar-refractivity contribution < 1.29 is 9.90 Å². The fourth-order valence-electron chi connectivity index (χ4n) is 1.42. The van der Waals surface area contributed by atoms with Gasteiger partial charge in [-0.25, -0.2) is 9.78 Å². The zero-order chi connectivity index (χ0) is 12.7. The average Bonchev–Trinajstić information content (AvgIpc) is 2.28. The third-order valence-corrected chi connectivity index (χ3v) is 2.31. The van der Waals surface area contributed by atoms with Crippen LogP contribution in [0.2, 0.25) is 0 Å². The van der Waals surface area contributed by atoms with Crippen molar-refractivity contribution in [3.63, 3.8) is 0 Å². The van der Waals surface area contributed by atoms with Gasteiger partial charge in [-0.15, -0.1) is 12.3 Å². The van der Waals surface area contributed by atoms with Crippen LogP contribution < -0.4 is 5.32 Å². The Balaban J connectivity index is 2.60. The summed E-state index contributed by atoms with van der Waals surface area (Å²) in [7, 11) is 0. The molecule has 4 nitrogen and oxygen atoms in total. The van der Waals surface area contributed by atoms with E-state index in [2.05, 4.69) is 16.2 Å². The number of aromatic nitrogens is 1. The number of terminal acetylenes is 1. The minimum Gasteiger partial charge on any atom is -0.478 e. The molecule has 0 spiro atoms. The number of hydrogen-bond acceptors (Lipinski definition) is 3. The van der Waals surface area contributed by atoms with E-state index in [-0.39, 0.29) is 5.56 Å². The molecule has 0 saturated carbocycles. The summed E-state index contributed by atoms with van der Waals surface area (Å²) in [5.41, 5.74) is 0.994. The second-order valence-electron chi connectivity index (χ2n) is 3.74. The third-order valence-electron chi connectivity index (χ3n) is 2.31. The van der Waals surface area contributed by atoms with E-state index in [0.717, 1.165) is 25.0 Å². The number of nitrogens with zero attached hydrogens (tertiary/aromatic N) is 1. The minimum atomic E-state index is -0.969. The normalized spacial score (nSPS) is 9.65. The second-order valence-corrected chi connectivity index (χ2v) is 3.74. The van der Waals surface area contributed by atoms with E-state index in [4.69, 9.17) is 11.5 Å². The lowest BCUT2D eigenvalue weighted by Gasteiger charge is -2.08. The number of nitrogens with one attached hydrogen (secondary N) is 1. The first-order chi connectivity index (χ1) is 8.15. The zero-order valence-electron chi connectivity index (χ0n) is 9.86. The van der Waals surface area contributed by atoms with Crippen molar-refractivity contribution in [2.24, 2.45) is 0 Å². The van der Waals surface area contributed by atoms with E-state index in [1.807, 2.05) is 6.92 Å². The topological polar surface area (TPSA) is 62.2 Å². The van der Waals surface area contributed by atoms with Crippen LogP contribution >= 0.6 is 0 Å². The van der Waals surface area contributed by atoms with E-state index < -0.39 is 5.97 Å². The summed E-state index contributed by atoms with van der Waals surface area (Å²) in [6, 6.07) is 3.25. The van der Waals surface area contributed by atoms with Crippen molar-refractivity contribution in [1.82, 2.24) is 4.98 Å². The molecule has 1 heterocycles. The van der Waals surface area contributed by atoms with E-state index in [0.29, 0.717) is 12.4 Å². The lowest BCUT2D eigenvalue weighted by atomic mass is 10.2. The highest BCUT2D eigenvalue weighted by atomic mass is 16.4. The summed E-state index contributed by atoms with van der Waals surface area (Å²) >= 11 is 0. The Bertz CT molecular complexity index is 436. The maximum atomic E-state index is 11.0. The van der Waals surface area contributed by atoms with Crippen LogP contribution in [0.25, 0.3) is 0 Å². The number of rotatable bonds is 6. The van der Waals surface area contributed by atoms with Gasteiger partial charge in [-0.1, -0.05) is 0 Å². The van der Waals surface area contributed by atoms with E-state index >= 15 is 0 Å². The molecule has 0 radical (unpaired) electrons. The van der Waals surface area contributed by atoms with Crippen molar-refractivity contribution in [2.45, 2.75) is 26.2 Å². The van der Waals surface area contributed by atoms with Crippen LogP contribution in [0.5, 0.6) is 0 Å². The smallest absolute Gasteiger partial charge is 0.339 e. The van der Waals surface area contributed by atoms with Crippen molar-refractivity contribution >= 4 is 11.8 Å². The fourth-order valence-corrected chi connectivity index (χ4v) is 1.42. The summed E-state index contributed by atoms with van der Waals surface area (Å²) in [6.45, 7) is 2.51. The molecule has 1 rings (SSSR count). The molecule has 1 aromatic rings. The third kappa shape index (κ3) is 4.15. The largest absolute Gasteiger partial charge is 0.478 e. The zero-order valence-corrected chi connectivity index (χ0v) is 9.86. The molecule has 0 aliphatic rings. The van der Waals surface area contributed by atoms with Crippen LogP contribution in [-0.2, 0) is 0 Å². The molecule has 17 heavy (non-hydrogen) atoms. The molecule has 0 amide bonds. The number of pyridine rings is 1. The Kier molecular flexibility index (Phi) is 5.02. The van der Waals surface area contributed by atoms with Gasteiger partial charge in [0, 0.05) is 18.7 Å². The number of carbonyl (C=O) groups is 1. The SMILES string of the molecule is C#CCCCCNc1nc(C)ccc1C(=O)O. The van der Waals surface area contributed by atoms with Gasteiger partial charge in [-0.2, -0.15) is 0 Å². The summed E-state index contributed by atoms with van der Waals surface area (Å²) in [5, 5.41) is 12.0. The van der Waals surface area contributed by atoms with E-state index in [1.165, 1.54) is 0 Å². The quantitative estimate of drug-likeness (QED) is 0.583.